The lowest BCUT2D eigenvalue weighted by atomic mass is 10.0. The van der Waals surface area contributed by atoms with Gasteiger partial charge in [-0.15, -0.1) is 0 Å². The van der Waals surface area contributed by atoms with E-state index in [2.05, 4.69) is 26.9 Å². The van der Waals surface area contributed by atoms with Gasteiger partial charge >= 0.3 is 11.9 Å². The zero-order valence-corrected chi connectivity index (χ0v) is 25.1. The lowest BCUT2D eigenvalue weighted by molar-refractivity contribution is -0.135. The summed E-state index contributed by atoms with van der Waals surface area (Å²) >= 11 is 12.1. The van der Waals surface area contributed by atoms with E-state index >= 15 is 0 Å². The van der Waals surface area contributed by atoms with Gasteiger partial charge in [0, 0.05) is 40.2 Å². The molecule has 0 heterocycles. The second kappa shape index (κ2) is 15.0. The second-order valence-corrected chi connectivity index (χ2v) is 11.0. The minimum atomic E-state index is -0.378. The Balaban J connectivity index is 0.000000216. The smallest absolute Gasteiger partial charge is 0.330 e. The van der Waals surface area contributed by atoms with Gasteiger partial charge in [0.15, 0.2) is 5.78 Å². The summed E-state index contributed by atoms with van der Waals surface area (Å²) in [6, 6.07) is 17.9. The molecule has 0 bridgehead atoms. The first-order valence-electron chi connectivity index (χ1n) is 13.7. The molecular weight excluding hydrogens is 573 g/mol. The van der Waals surface area contributed by atoms with Crippen molar-refractivity contribution in [3.63, 3.8) is 0 Å². The van der Waals surface area contributed by atoms with Gasteiger partial charge in [-0.3, -0.25) is 4.79 Å². The van der Waals surface area contributed by atoms with Crippen molar-refractivity contribution in [1.82, 2.24) is 5.32 Å². The highest BCUT2D eigenvalue weighted by Crippen LogP contribution is 2.32. The number of benzene rings is 3. The molecule has 0 aromatic heterocycles. The summed E-state index contributed by atoms with van der Waals surface area (Å²) in [5.41, 5.74) is 7.62. The molecule has 0 saturated heterocycles. The maximum Gasteiger partial charge on any atom is 0.330 e. The summed E-state index contributed by atoms with van der Waals surface area (Å²) in [5.74, 6) is -0.513. The number of ether oxygens (including phenoxy) is 2. The van der Waals surface area contributed by atoms with E-state index in [1.807, 2.05) is 36.4 Å². The van der Waals surface area contributed by atoms with Crippen LogP contribution in [0.25, 0.3) is 12.2 Å². The van der Waals surface area contributed by atoms with Crippen LogP contribution in [0.4, 0.5) is 0 Å². The lowest BCUT2D eigenvalue weighted by Crippen LogP contribution is -2.21. The molecule has 2 aliphatic rings. The van der Waals surface area contributed by atoms with E-state index in [-0.39, 0.29) is 17.7 Å². The van der Waals surface area contributed by atoms with Gasteiger partial charge in [-0.25, -0.2) is 9.59 Å². The van der Waals surface area contributed by atoms with Crippen LogP contribution >= 0.6 is 23.2 Å². The number of aryl methyl sites for hydroxylation is 2. The third kappa shape index (κ3) is 8.65. The molecule has 8 heteroatoms. The van der Waals surface area contributed by atoms with Gasteiger partial charge in [0.25, 0.3) is 0 Å². The first kappa shape index (κ1) is 31.2. The molecule has 0 saturated carbocycles. The predicted octanol–water partition coefficient (Wildman–Crippen LogP) is 7.00. The number of halogens is 2. The molecule has 0 spiro atoms. The van der Waals surface area contributed by atoms with Crippen LogP contribution in [0.15, 0.2) is 66.7 Å². The maximum absolute atomic E-state index is 11.4. The van der Waals surface area contributed by atoms with E-state index < -0.39 is 0 Å². The average Bonchev–Trinajstić information content (AvgIpc) is 3.56. The summed E-state index contributed by atoms with van der Waals surface area (Å²) in [6.45, 7) is 0.866. The Morgan fingerprint density at radius 1 is 0.833 bits per heavy atom. The van der Waals surface area contributed by atoms with Gasteiger partial charge in [0.1, 0.15) is 0 Å². The van der Waals surface area contributed by atoms with Crippen molar-refractivity contribution < 1.29 is 23.9 Å². The molecule has 218 valence electrons. The lowest BCUT2D eigenvalue weighted by Gasteiger charge is -2.14. The summed E-state index contributed by atoms with van der Waals surface area (Å²) < 4.78 is 9.13. The first-order valence-corrected chi connectivity index (χ1v) is 14.5. The van der Waals surface area contributed by atoms with Gasteiger partial charge in [-0.2, -0.15) is 0 Å². The number of nitrogens with one attached hydrogen (secondary N) is 1. The van der Waals surface area contributed by atoms with Gasteiger partial charge in [-0.05, 0) is 96.0 Å². The van der Waals surface area contributed by atoms with Crippen LogP contribution in [0.5, 0.6) is 0 Å². The molecular formula is C34H33Cl2NO5. The molecule has 0 amide bonds. The largest absolute Gasteiger partial charge is 0.466 e. The molecule has 42 heavy (non-hydrogen) atoms. The zero-order valence-electron chi connectivity index (χ0n) is 23.6. The van der Waals surface area contributed by atoms with Crippen molar-refractivity contribution in [3.05, 3.63) is 116 Å². The van der Waals surface area contributed by atoms with E-state index in [1.54, 1.807) is 18.2 Å². The number of carbonyl (C=O) groups is 3. The normalized spacial score (nSPS) is 15.3. The number of fused-ring (bicyclic) bond motifs is 2. The van der Waals surface area contributed by atoms with Crippen molar-refractivity contribution >= 4 is 53.1 Å². The van der Waals surface area contributed by atoms with Crippen molar-refractivity contribution in [1.29, 1.82) is 0 Å². The van der Waals surface area contributed by atoms with E-state index in [9.17, 15) is 14.4 Å². The van der Waals surface area contributed by atoms with Crippen LogP contribution in [-0.2, 0) is 38.3 Å². The Bertz CT molecular complexity index is 1510. The Morgan fingerprint density at radius 2 is 1.45 bits per heavy atom. The highest BCUT2D eigenvalue weighted by Gasteiger charge is 2.22. The number of carbonyl (C=O) groups excluding carboxylic acids is 3. The molecule has 0 aliphatic heterocycles. The van der Waals surface area contributed by atoms with E-state index in [4.69, 9.17) is 23.2 Å². The first-order chi connectivity index (χ1) is 20.2. The molecule has 3 aromatic rings. The Morgan fingerprint density at radius 3 is 2.10 bits per heavy atom. The third-order valence-electron chi connectivity index (χ3n) is 7.25. The number of hydrogen-bond acceptors (Lipinski definition) is 6. The SMILES string of the molecule is COC(=O)/C=C/c1ccc2c(c1)CCC2=O.COC(=O)/C=C/c1ccc2c(c1)CCC2NCCc1cc(Cl)cc(Cl)c1. The standard InChI is InChI=1S/C21H21Cl2NO2.C13H12O3/c1-26-21(25)7-3-14-2-5-19-16(10-14)4-6-20(19)24-9-8-15-11-17(22)13-18(23)12-15;1-16-13(15)7-3-9-2-5-11-10(8-9)4-6-12(11)14/h2-3,5,7,10-13,20,24H,4,6,8-9H2,1H3;2-3,5,7-8H,4,6H2,1H3/b2*7-3+. The number of esters is 2. The minimum Gasteiger partial charge on any atom is -0.466 e. The van der Waals surface area contributed by atoms with Gasteiger partial charge in [-0.1, -0.05) is 59.6 Å². The quantitative estimate of drug-likeness (QED) is 0.220. The van der Waals surface area contributed by atoms with Crippen molar-refractivity contribution in [2.75, 3.05) is 20.8 Å². The Labute approximate surface area is 256 Å². The molecule has 1 N–H and O–H groups in total. The minimum absolute atomic E-state index is 0.207. The fraction of sp³-hybridized carbons (Fsp3) is 0.265. The molecule has 6 nitrogen and oxygen atoms in total. The van der Waals surface area contributed by atoms with Crippen molar-refractivity contribution in [2.45, 2.75) is 38.1 Å². The topological polar surface area (TPSA) is 81.7 Å². The maximum atomic E-state index is 11.4. The number of methoxy groups -OCH3 is 2. The van der Waals surface area contributed by atoms with Gasteiger partial charge in [0.2, 0.25) is 0 Å². The molecule has 1 unspecified atom stereocenters. The van der Waals surface area contributed by atoms with Gasteiger partial charge < -0.3 is 14.8 Å². The van der Waals surface area contributed by atoms with E-state index in [0.29, 0.717) is 22.5 Å². The van der Waals surface area contributed by atoms with Crippen LogP contribution in [0.2, 0.25) is 10.0 Å². The van der Waals surface area contributed by atoms with E-state index in [1.165, 1.54) is 37.5 Å². The third-order valence-corrected chi connectivity index (χ3v) is 7.69. The van der Waals surface area contributed by atoms with Crippen LogP contribution in [0.1, 0.15) is 62.6 Å². The molecule has 1 atom stereocenters. The molecule has 0 radical (unpaired) electrons. The number of hydrogen-bond donors (Lipinski definition) is 1. The molecule has 3 aromatic carbocycles. The van der Waals surface area contributed by atoms with Gasteiger partial charge in [0.05, 0.1) is 14.2 Å². The van der Waals surface area contributed by atoms with E-state index in [0.717, 1.165) is 60.0 Å². The highest BCUT2D eigenvalue weighted by molar-refractivity contribution is 6.34. The zero-order chi connectivity index (χ0) is 30.1. The summed E-state index contributed by atoms with van der Waals surface area (Å²) in [6.07, 6.45) is 10.7. The Kier molecular flexibility index (Phi) is 11.1. The summed E-state index contributed by atoms with van der Waals surface area (Å²) in [7, 11) is 2.72. The van der Waals surface area contributed by atoms with Crippen LogP contribution < -0.4 is 5.32 Å². The van der Waals surface area contributed by atoms with Crippen LogP contribution in [0, 0.1) is 0 Å². The number of Topliss-reactive ketones (excluding diaryl/α,β-unsaturated/α-hetero) is 1. The van der Waals surface area contributed by atoms with Crippen molar-refractivity contribution in [3.8, 4) is 0 Å². The number of ketones is 1. The monoisotopic (exact) mass is 605 g/mol. The summed E-state index contributed by atoms with van der Waals surface area (Å²) in [4.78, 5) is 33.5. The fourth-order valence-electron chi connectivity index (χ4n) is 5.14. The highest BCUT2D eigenvalue weighted by atomic mass is 35.5. The number of rotatable bonds is 8. The molecule has 2 aliphatic carbocycles. The average molecular weight is 607 g/mol. The van der Waals surface area contributed by atoms with Crippen LogP contribution in [-0.4, -0.2) is 38.5 Å². The molecule has 5 rings (SSSR count). The molecule has 0 fully saturated rings. The fourth-order valence-corrected chi connectivity index (χ4v) is 5.71. The Hall–Kier alpha value is -3.71. The predicted molar refractivity (Wildman–Crippen MR) is 167 cm³/mol. The second-order valence-electron chi connectivity index (χ2n) is 10.1. The van der Waals surface area contributed by atoms with Crippen molar-refractivity contribution in [2.24, 2.45) is 0 Å². The van der Waals surface area contributed by atoms with Crippen LogP contribution in [0.3, 0.4) is 0 Å². The summed E-state index contributed by atoms with van der Waals surface area (Å²) in [5, 5.41) is 4.97.